The van der Waals surface area contributed by atoms with Crippen molar-refractivity contribution in [1.29, 1.82) is 0 Å². The average Bonchev–Trinajstić information content (AvgIpc) is 2.83. The van der Waals surface area contributed by atoms with Crippen LogP contribution in [0.5, 0.6) is 23.0 Å². The number of phenolic OH excluding ortho intramolecular Hbond substituents is 1. The fraction of sp³-hybridized carbons (Fsp3) is 0.346. The lowest BCUT2D eigenvalue weighted by atomic mass is 9.99. The van der Waals surface area contributed by atoms with Gasteiger partial charge in [-0.25, -0.2) is 0 Å². The molecule has 0 aliphatic rings. The van der Waals surface area contributed by atoms with Gasteiger partial charge in [-0.2, -0.15) is 0 Å². The maximum atomic E-state index is 13.2. The predicted octanol–water partition coefficient (Wildman–Crippen LogP) is 4.75. The molecule has 2 aromatic carbocycles. The summed E-state index contributed by atoms with van der Waals surface area (Å²) in [6.07, 6.45) is 5.32. The lowest BCUT2D eigenvalue weighted by Gasteiger charge is -2.18. The number of carbonyl (C=O) groups is 1. The van der Waals surface area contributed by atoms with Crippen molar-refractivity contribution in [3.05, 3.63) is 64.7 Å². The van der Waals surface area contributed by atoms with Crippen LogP contribution < -0.4 is 14.2 Å². The molecule has 0 atom stereocenters. The maximum Gasteiger partial charge on any atom is 0.193 e. The van der Waals surface area contributed by atoms with E-state index in [1.807, 2.05) is 19.9 Å². The normalized spacial score (nSPS) is 10.9. The molecule has 0 aliphatic heterocycles. The van der Waals surface area contributed by atoms with Crippen LogP contribution in [-0.2, 0) is 20.6 Å². The first kappa shape index (κ1) is 26.9. The van der Waals surface area contributed by atoms with E-state index in [0.29, 0.717) is 23.5 Å². The third-order valence-corrected chi connectivity index (χ3v) is 4.60. The van der Waals surface area contributed by atoms with Crippen molar-refractivity contribution in [2.24, 2.45) is 0 Å². The van der Waals surface area contributed by atoms with Gasteiger partial charge in [-0.3, -0.25) is 4.79 Å². The molecule has 1 N–H and O–H groups in total. The largest absolute Gasteiger partial charge is 0.507 e. The minimum atomic E-state index is -0.431. The van der Waals surface area contributed by atoms with Crippen LogP contribution in [0, 0.1) is 0 Å². The van der Waals surface area contributed by atoms with Crippen molar-refractivity contribution in [2.75, 3.05) is 41.7 Å². The Morgan fingerprint density at radius 2 is 1.47 bits per heavy atom. The van der Waals surface area contributed by atoms with Crippen molar-refractivity contribution in [3.63, 3.8) is 0 Å². The zero-order valence-electron chi connectivity index (χ0n) is 20.3. The first-order valence-electron chi connectivity index (χ1n) is 10.6. The highest BCUT2D eigenvalue weighted by molar-refractivity contribution is 6.11. The Kier molecular flexibility index (Phi) is 11.1. The summed E-state index contributed by atoms with van der Waals surface area (Å²) in [6, 6.07) is 8.72. The number of methoxy groups -OCH3 is 3. The van der Waals surface area contributed by atoms with Crippen LogP contribution >= 0.6 is 0 Å². The second kappa shape index (κ2) is 14.0. The van der Waals surface area contributed by atoms with Gasteiger partial charge in [0.1, 0.15) is 28.6 Å². The van der Waals surface area contributed by atoms with Crippen molar-refractivity contribution >= 4 is 11.9 Å². The monoisotopic (exact) mass is 472 g/mol. The molecule has 0 fully saturated rings. The van der Waals surface area contributed by atoms with E-state index >= 15 is 0 Å². The summed E-state index contributed by atoms with van der Waals surface area (Å²) in [5, 5.41) is 11.1. The maximum absolute atomic E-state index is 13.2. The van der Waals surface area contributed by atoms with Crippen molar-refractivity contribution in [3.8, 4) is 23.0 Å². The smallest absolute Gasteiger partial charge is 0.193 e. The first-order chi connectivity index (χ1) is 16.4. The predicted molar refractivity (Wildman–Crippen MR) is 129 cm³/mol. The number of hydrogen-bond donors (Lipinski definition) is 1. The first-order valence-corrected chi connectivity index (χ1v) is 10.6. The minimum Gasteiger partial charge on any atom is -0.507 e. The zero-order chi connectivity index (χ0) is 24.9. The number of allylic oxidation sites excluding steroid dienone is 3. The molecule has 184 valence electrons. The summed E-state index contributed by atoms with van der Waals surface area (Å²) >= 11 is 0. The van der Waals surface area contributed by atoms with E-state index in [9.17, 15) is 9.90 Å². The Morgan fingerprint density at radius 3 is 2.06 bits per heavy atom. The van der Waals surface area contributed by atoms with Crippen molar-refractivity contribution < 1.29 is 38.3 Å². The highest BCUT2D eigenvalue weighted by Gasteiger charge is 2.23. The average molecular weight is 473 g/mol. The number of aromatic hydroxyl groups is 1. The molecular formula is C26H32O8. The molecule has 0 spiro atoms. The van der Waals surface area contributed by atoms with Gasteiger partial charge in [-0.1, -0.05) is 29.9 Å². The van der Waals surface area contributed by atoms with Gasteiger partial charge >= 0.3 is 0 Å². The van der Waals surface area contributed by atoms with Gasteiger partial charge in [-0.05, 0) is 44.0 Å². The number of hydrogen-bond acceptors (Lipinski definition) is 8. The summed E-state index contributed by atoms with van der Waals surface area (Å²) in [7, 11) is 4.51. The van der Waals surface area contributed by atoms with E-state index in [1.165, 1.54) is 20.3 Å². The molecule has 0 amide bonds. The van der Waals surface area contributed by atoms with Gasteiger partial charge < -0.3 is 33.5 Å². The van der Waals surface area contributed by atoms with E-state index < -0.39 is 5.78 Å². The molecule has 34 heavy (non-hydrogen) atoms. The van der Waals surface area contributed by atoms with Crippen LogP contribution in [0.3, 0.4) is 0 Å². The number of carbonyl (C=O) groups excluding carboxylic acids is 1. The van der Waals surface area contributed by atoms with E-state index in [4.69, 9.17) is 28.4 Å². The summed E-state index contributed by atoms with van der Waals surface area (Å²) < 4.78 is 31.5. The number of phenols is 1. The van der Waals surface area contributed by atoms with Crippen molar-refractivity contribution in [1.82, 2.24) is 0 Å². The summed E-state index contributed by atoms with van der Waals surface area (Å²) in [5.74, 6) is 0.503. The second-order valence-corrected chi connectivity index (χ2v) is 7.48. The van der Waals surface area contributed by atoms with Crippen LogP contribution in [0.1, 0.15) is 35.3 Å². The Bertz CT molecular complexity index is 989. The Hall–Kier alpha value is -3.33. The molecular weight excluding hydrogens is 440 g/mol. The van der Waals surface area contributed by atoms with E-state index in [2.05, 4.69) is 0 Å². The van der Waals surface area contributed by atoms with Crippen LogP contribution in [0.4, 0.5) is 0 Å². The van der Waals surface area contributed by atoms with Gasteiger partial charge in [0.25, 0.3) is 0 Å². The summed E-state index contributed by atoms with van der Waals surface area (Å²) in [6.45, 7) is 3.91. The van der Waals surface area contributed by atoms with Crippen molar-refractivity contribution in [2.45, 2.75) is 20.3 Å². The third kappa shape index (κ3) is 7.91. The topological polar surface area (TPSA) is 92.7 Å². The number of benzene rings is 2. The number of rotatable bonds is 14. The van der Waals surface area contributed by atoms with E-state index in [0.717, 1.165) is 11.1 Å². The third-order valence-electron chi connectivity index (χ3n) is 4.60. The number of ketones is 1. The summed E-state index contributed by atoms with van der Waals surface area (Å²) in [5.41, 5.74) is 2.32. The van der Waals surface area contributed by atoms with Gasteiger partial charge in [0.15, 0.2) is 26.2 Å². The number of ether oxygens (including phenoxy) is 6. The van der Waals surface area contributed by atoms with Gasteiger partial charge in [-0.15, -0.1) is 0 Å². The minimum absolute atomic E-state index is 0.0234. The van der Waals surface area contributed by atoms with Gasteiger partial charge in [0.2, 0.25) is 0 Å². The fourth-order valence-electron chi connectivity index (χ4n) is 2.95. The molecule has 2 aromatic rings. The molecule has 0 unspecified atom stereocenters. The molecule has 0 saturated heterocycles. The lowest BCUT2D eigenvalue weighted by molar-refractivity contribution is 0.0449. The quantitative estimate of drug-likeness (QED) is 0.182. The van der Waals surface area contributed by atoms with E-state index in [-0.39, 0.29) is 37.4 Å². The molecule has 0 radical (unpaired) electrons. The zero-order valence-corrected chi connectivity index (χ0v) is 20.3. The molecule has 0 aromatic heterocycles. The van der Waals surface area contributed by atoms with Gasteiger partial charge in [0, 0.05) is 33.0 Å². The highest BCUT2D eigenvalue weighted by atomic mass is 16.7. The summed E-state index contributed by atoms with van der Waals surface area (Å²) in [4.78, 5) is 13.2. The SMILES string of the molecule is COCOc1ccc(C=CC(=O)c2c(OCOC)cc(OCOC)c(CC=C(C)C)c2O)cc1. The molecule has 0 bridgehead atoms. The molecule has 8 nitrogen and oxygen atoms in total. The standard InChI is InChI=1S/C26H32O8/c1-18(2)6-12-21-23(33-16-30-4)14-24(34-17-31-5)25(26(21)28)22(27)13-9-19-7-10-20(11-8-19)32-15-29-3/h6-11,13-14,28H,12,15-17H2,1-5H3. The van der Waals surface area contributed by atoms with Crippen LogP contribution in [-0.4, -0.2) is 52.6 Å². The second-order valence-electron chi connectivity index (χ2n) is 7.48. The fourth-order valence-corrected chi connectivity index (χ4v) is 2.95. The van der Waals surface area contributed by atoms with Gasteiger partial charge in [0.05, 0.1) is 0 Å². The highest BCUT2D eigenvalue weighted by Crippen LogP contribution is 2.40. The molecule has 0 saturated carbocycles. The van der Waals surface area contributed by atoms with Crippen LogP contribution in [0.2, 0.25) is 0 Å². The molecule has 0 aliphatic carbocycles. The van der Waals surface area contributed by atoms with E-state index in [1.54, 1.807) is 43.5 Å². The molecule has 8 heteroatoms. The van der Waals surface area contributed by atoms with Crippen LogP contribution in [0.25, 0.3) is 6.08 Å². The molecule has 2 rings (SSSR count). The van der Waals surface area contributed by atoms with Crippen LogP contribution in [0.15, 0.2) is 48.1 Å². The Labute approximate surface area is 200 Å². The lowest BCUT2D eigenvalue weighted by Crippen LogP contribution is -2.09. The Morgan fingerprint density at radius 1 is 0.882 bits per heavy atom. The Balaban J connectivity index is 2.42. The molecule has 0 heterocycles.